The third kappa shape index (κ3) is 1.07. The summed E-state index contributed by atoms with van der Waals surface area (Å²) in [4.78, 5) is 2.93. The molecule has 0 spiro atoms. The second kappa shape index (κ2) is 2.96. The molecule has 70 valence electrons. The summed E-state index contributed by atoms with van der Waals surface area (Å²) in [5.41, 5.74) is 6.95. The largest absolute Gasteiger partial charge is 0.497 e. The van der Waals surface area contributed by atoms with Gasteiger partial charge in [0, 0.05) is 10.9 Å². The third-order valence-electron chi connectivity index (χ3n) is 2.15. The van der Waals surface area contributed by atoms with Crippen molar-refractivity contribution in [3.05, 3.63) is 23.8 Å². The Morgan fingerprint density at radius 3 is 2.93 bits per heavy atom. The number of benzene rings is 1. The molecule has 2 aromatic rings. The third-order valence-corrected chi connectivity index (χ3v) is 2.15. The van der Waals surface area contributed by atoms with E-state index in [0.717, 1.165) is 10.9 Å². The minimum absolute atomic E-state index is 0.399. The van der Waals surface area contributed by atoms with E-state index in [0.29, 0.717) is 17.1 Å². The molecule has 2 rings (SSSR count). The second-order valence-corrected chi connectivity index (χ2v) is 2.94. The number of hydrogen-bond donors (Lipinski definition) is 2. The molecule has 1 heterocycles. The van der Waals surface area contributed by atoms with Gasteiger partial charge in [-0.25, -0.2) is 0 Å². The van der Waals surface area contributed by atoms with Crippen molar-refractivity contribution in [2.45, 2.75) is 0 Å². The van der Waals surface area contributed by atoms with Gasteiger partial charge in [0.15, 0.2) is 0 Å². The van der Waals surface area contributed by atoms with Crippen LogP contribution in [0.5, 0.6) is 5.75 Å². The smallest absolute Gasteiger partial charge is 0.119 e. The van der Waals surface area contributed by atoms with Gasteiger partial charge < -0.3 is 15.5 Å². The molecule has 0 amide bonds. The molecule has 0 radical (unpaired) electrons. The molecule has 0 aliphatic rings. The molecule has 0 saturated carbocycles. The van der Waals surface area contributed by atoms with E-state index >= 15 is 0 Å². The quantitative estimate of drug-likeness (QED) is 0.712. The van der Waals surface area contributed by atoms with Crippen LogP contribution < -0.4 is 10.5 Å². The van der Waals surface area contributed by atoms with Gasteiger partial charge in [-0.2, -0.15) is 5.26 Å². The maximum absolute atomic E-state index is 8.88. The van der Waals surface area contributed by atoms with E-state index in [9.17, 15) is 0 Å². The number of fused-ring (bicyclic) bond motifs is 1. The van der Waals surface area contributed by atoms with Crippen molar-refractivity contribution in [3.63, 3.8) is 0 Å². The van der Waals surface area contributed by atoms with Gasteiger partial charge in [-0.05, 0) is 18.2 Å². The van der Waals surface area contributed by atoms with Crippen LogP contribution in [0.1, 0.15) is 5.56 Å². The Labute approximate surface area is 80.9 Å². The number of ether oxygens (including phenoxy) is 1. The van der Waals surface area contributed by atoms with Crippen molar-refractivity contribution in [3.8, 4) is 11.8 Å². The summed E-state index contributed by atoms with van der Waals surface area (Å²) >= 11 is 0. The van der Waals surface area contributed by atoms with Crippen LogP contribution in [0.3, 0.4) is 0 Å². The van der Waals surface area contributed by atoms with Gasteiger partial charge in [-0.3, -0.25) is 0 Å². The van der Waals surface area contributed by atoms with E-state index in [1.807, 2.05) is 12.1 Å². The van der Waals surface area contributed by atoms with E-state index in [1.165, 1.54) is 0 Å². The fourth-order valence-electron chi connectivity index (χ4n) is 1.44. The van der Waals surface area contributed by atoms with Crippen molar-refractivity contribution >= 4 is 16.7 Å². The van der Waals surface area contributed by atoms with Crippen molar-refractivity contribution in [2.75, 3.05) is 12.8 Å². The van der Waals surface area contributed by atoms with E-state index in [4.69, 9.17) is 15.7 Å². The van der Waals surface area contributed by atoms with Gasteiger partial charge >= 0.3 is 0 Å². The summed E-state index contributed by atoms with van der Waals surface area (Å²) in [5, 5.41) is 9.67. The van der Waals surface area contributed by atoms with Crippen molar-refractivity contribution in [1.82, 2.24) is 4.98 Å². The van der Waals surface area contributed by atoms with Gasteiger partial charge in [-0.15, -0.1) is 0 Å². The fourth-order valence-corrected chi connectivity index (χ4v) is 1.44. The lowest BCUT2D eigenvalue weighted by Crippen LogP contribution is -1.86. The van der Waals surface area contributed by atoms with Crippen molar-refractivity contribution < 1.29 is 4.74 Å². The number of nitrogens with two attached hydrogens (primary N) is 1. The van der Waals surface area contributed by atoms with E-state index < -0.39 is 0 Å². The normalized spacial score (nSPS) is 10.0. The summed E-state index contributed by atoms with van der Waals surface area (Å²) in [6.07, 6.45) is 0. The number of nitrogen functional groups attached to an aromatic ring is 1. The zero-order chi connectivity index (χ0) is 10.1. The van der Waals surface area contributed by atoms with E-state index in [2.05, 4.69) is 11.1 Å². The monoisotopic (exact) mass is 187 g/mol. The Kier molecular flexibility index (Phi) is 1.79. The van der Waals surface area contributed by atoms with Gasteiger partial charge in [0.1, 0.15) is 23.2 Å². The fraction of sp³-hybridized carbons (Fsp3) is 0.100. The predicted molar refractivity (Wildman–Crippen MR) is 54.0 cm³/mol. The Morgan fingerprint density at radius 1 is 1.50 bits per heavy atom. The van der Waals surface area contributed by atoms with Crippen LogP contribution in [0.2, 0.25) is 0 Å². The molecule has 0 saturated heterocycles. The van der Waals surface area contributed by atoms with Crippen LogP contribution in [0.15, 0.2) is 18.2 Å². The van der Waals surface area contributed by atoms with Crippen LogP contribution in [0.4, 0.5) is 5.82 Å². The minimum atomic E-state index is 0.399. The zero-order valence-corrected chi connectivity index (χ0v) is 7.66. The number of methoxy groups -OCH3 is 1. The highest BCUT2D eigenvalue weighted by atomic mass is 16.5. The minimum Gasteiger partial charge on any atom is -0.497 e. The standard InChI is InChI=1S/C10H9N3O/c1-14-6-2-3-9-7(4-6)8(5-11)10(12)13-9/h2-4,13H,12H2,1H3. The lowest BCUT2D eigenvalue weighted by atomic mass is 10.2. The zero-order valence-electron chi connectivity index (χ0n) is 7.66. The van der Waals surface area contributed by atoms with E-state index in [-0.39, 0.29) is 0 Å². The average Bonchev–Trinajstić information content (AvgIpc) is 2.52. The predicted octanol–water partition coefficient (Wildman–Crippen LogP) is 1.63. The van der Waals surface area contributed by atoms with Crippen LogP contribution in [0, 0.1) is 11.3 Å². The van der Waals surface area contributed by atoms with Gasteiger partial charge in [0.2, 0.25) is 0 Å². The summed E-state index contributed by atoms with van der Waals surface area (Å²) in [6.45, 7) is 0. The van der Waals surface area contributed by atoms with Crippen LogP contribution in [-0.4, -0.2) is 12.1 Å². The highest BCUT2D eigenvalue weighted by Crippen LogP contribution is 2.26. The number of nitrogens with one attached hydrogen (secondary N) is 1. The molecule has 4 heteroatoms. The lowest BCUT2D eigenvalue weighted by Gasteiger charge is -1.98. The Hall–Kier alpha value is -2.15. The van der Waals surface area contributed by atoms with Gasteiger partial charge in [-0.1, -0.05) is 0 Å². The van der Waals surface area contributed by atoms with E-state index in [1.54, 1.807) is 13.2 Å². The number of H-pyrrole nitrogens is 1. The van der Waals surface area contributed by atoms with Crippen LogP contribution in [0.25, 0.3) is 10.9 Å². The first-order chi connectivity index (χ1) is 6.76. The van der Waals surface area contributed by atoms with Gasteiger partial charge in [0.05, 0.1) is 7.11 Å². The first-order valence-corrected chi connectivity index (χ1v) is 4.11. The molecule has 0 unspecified atom stereocenters. The molecule has 0 bridgehead atoms. The molecule has 0 atom stereocenters. The SMILES string of the molecule is COc1ccc2[nH]c(N)c(C#N)c2c1. The Bertz CT molecular complexity index is 522. The molecule has 3 N–H and O–H groups in total. The number of anilines is 1. The van der Waals surface area contributed by atoms with Crippen LogP contribution >= 0.6 is 0 Å². The Morgan fingerprint density at radius 2 is 2.29 bits per heavy atom. The van der Waals surface area contributed by atoms with Crippen molar-refractivity contribution in [2.24, 2.45) is 0 Å². The molecule has 14 heavy (non-hydrogen) atoms. The molecular formula is C10H9N3O. The molecular weight excluding hydrogens is 178 g/mol. The number of nitriles is 1. The number of aromatic amines is 1. The maximum atomic E-state index is 8.88. The topological polar surface area (TPSA) is 74.8 Å². The number of aromatic nitrogens is 1. The summed E-state index contributed by atoms with van der Waals surface area (Å²) in [6, 6.07) is 7.51. The average molecular weight is 187 g/mol. The lowest BCUT2D eigenvalue weighted by molar-refractivity contribution is 0.415. The molecule has 0 aliphatic heterocycles. The molecule has 1 aromatic heterocycles. The van der Waals surface area contributed by atoms with Crippen molar-refractivity contribution in [1.29, 1.82) is 5.26 Å². The highest BCUT2D eigenvalue weighted by Gasteiger charge is 2.08. The molecule has 1 aromatic carbocycles. The summed E-state index contributed by atoms with van der Waals surface area (Å²) in [7, 11) is 1.59. The number of nitrogens with zero attached hydrogens (tertiary/aromatic N) is 1. The summed E-state index contributed by atoms with van der Waals surface area (Å²) < 4.78 is 5.07. The van der Waals surface area contributed by atoms with Gasteiger partial charge in [0.25, 0.3) is 0 Å². The first-order valence-electron chi connectivity index (χ1n) is 4.11. The maximum Gasteiger partial charge on any atom is 0.119 e. The molecule has 0 fully saturated rings. The molecule has 0 aliphatic carbocycles. The second-order valence-electron chi connectivity index (χ2n) is 2.94. The highest BCUT2D eigenvalue weighted by molar-refractivity contribution is 5.91. The first kappa shape index (κ1) is 8.45. The van der Waals surface area contributed by atoms with Crippen LogP contribution in [-0.2, 0) is 0 Å². The molecule has 4 nitrogen and oxygen atoms in total. The Balaban J connectivity index is 2.79. The summed E-state index contributed by atoms with van der Waals surface area (Å²) in [5.74, 6) is 1.11. The number of rotatable bonds is 1. The number of hydrogen-bond acceptors (Lipinski definition) is 3.